The van der Waals surface area contributed by atoms with Gasteiger partial charge in [0.25, 0.3) is 0 Å². The van der Waals surface area contributed by atoms with Gasteiger partial charge in [-0.3, -0.25) is 9.59 Å². The van der Waals surface area contributed by atoms with Gasteiger partial charge >= 0.3 is 11.8 Å². The molecule has 2 rings (SSSR count). The van der Waals surface area contributed by atoms with Crippen LogP contribution in [0.1, 0.15) is 11.1 Å². The number of nitrogens with zero attached hydrogens (tertiary/aromatic N) is 1. The van der Waals surface area contributed by atoms with Crippen molar-refractivity contribution in [2.75, 3.05) is 5.32 Å². The Morgan fingerprint density at radius 1 is 1.09 bits per heavy atom. The van der Waals surface area contributed by atoms with Crippen molar-refractivity contribution < 1.29 is 9.59 Å². The third kappa shape index (κ3) is 5.09. The zero-order valence-corrected chi connectivity index (χ0v) is 13.7. The number of nitrogens with one attached hydrogen (secondary N) is 2. The summed E-state index contributed by atoms with van der Waals surface area (Å²) in [5, 5.41) is 7.06. The lowest BCUT2D eigenvalue weighted by molar-refractivity contribution is -0.136. The van der Waals surface area contributed by atoms with Crippen LogP contribution in [-0.4, -0.2) is 18.0 Å². The Labute approximate surface area is 143 Å². The smallest absolute Gasteiger partial charge is 0.318 e. The van der Waals surface area contributed by atoms with Crippen LogP contribution in [0.15, 0.2) is 47.6 Å². The third-order valence-corrected chi connectivity index (χ3v) is 3.38. The Hall–Kier alpha value is -2.37. The number of rotatable bonds is 3. The minimum Gasteiger partial charge on any atom is -0.318 e. The third-order valence-electron chi connectivity index (χ3n) is 2.81. The standard InChI is InChI=1S/C16H13Cl2N3O2/c1-10-3-2-4-13(7-10)20-15(22)16(23)21-19-9-11-5-6-12(17)8-14(11)18/h2-9H,1H3,(H,20,22)(H,21,23)/b19-9-. The van der Waals surface area contributed by atoms with Gasteiger partial charge in [-0.15, -0.1) is 0 Å². The van der Waals surface area contributed by atoms with Gasteiger partial charge in [0.05, 0.1) is 11.2 Å². The lowest BCUT2D eigenvalue weighted by atomic mass is 10.2. The molecular weight excluding hydrogens is 337 g/mol. The number of amides is 2. The van der Waals surface area contributed by atoms with Crippen molar-refractivity contribution in [3.63, 3.8) is 0 Å². The summed E-state index contributed by atoms with van der Waals surface area (Å²) in [5.41, 5.74) is 4.21. The summed E-state index contributed by atoms with van der Waals surface area (Å²) >= 11 is 11.7. The number of aryl methyl sites for hydroxylation is 1. The highest BCUT2D eigenvalue weighted by Gasteiger charge is 2.12. The summed E-state index contributed by atoms with van der Waals surface area (Å²) in [5.74, 6) is -1.69. The lowest BCUT2D eigenvalue weighted by Gasteiger charge is -2.04. The van der Waals surface area contributed by atoms with Crippen molar-refractivity contribution in [1.82, 2.24) is 5.43 Å². The predicted molar refractivity (Wildman–Crippen MR) is 92.0 cm³/mol. The molecule has 23 heavy (non-hydrogen) atoms. The van der Waals surface area contributed by atoms with Crippen LogP contribution in [0.4, 0.5) is 5.69 Å². The van der Waals surface area contributed by atoms with E-state index in [2.05, 4.69) is 15.8 Å². The molecule has 2 aromatic rings. The van der Waals surface area contributed by atoms with E-state index in [1.807, 2.05) is 13.0 Å². The van der Waals surface area contributed by atoms with Gasteiger partial charge in [0, 0.05) is 16.3 Å². The van der Waals surface area contributed by atoms with Crippen molar-refractivity contribution in [3.8, 4) is 0 Å². The maximum Gasteiger partial charge on any atom is 0.329 e. The van der Waals surface area contributed by atoms with E-state index in [0.717, 1.165) is 5.56 Å². The summed E-state index contributed by atoms with van der Waals surface area (Å²) in [6, 6.07) is 11.9. The van der Waals surface area contributed by atoms with Crippen molar-refractivity contribution >= 4 is 46.9 Å². The van der Waals surface area contributed by atoms with Crippen molar-refractivity contribution in [2.24, 2.45) is 5.10 Å². The predicted octanol–water partition coefficient (Wildman–Crippen LogP) is 3.39. The number of hydrogen-bond donors (Lipinski definition) is 2. The molecule has 2 aromatic carbocycles. The molecule has 0 radical (unpaired) electrons. The van der Waals surface area contributed by atoms with E-state index < -0.39 is 11.8 Å². The lowest BCUT2D eigenvalue weighted by Crippen LogP contribution is -2.32. The summed E-state index contributed by atoms with van der Waals surface area (Å²) in [7, 11) is 0. The van der Waals surface area contributed by atoms with Crippen LogP contribution in [-0.2, 0) is 9.59 Å². The minimum atomic E-state index is -0.882. The number of hydrazone groups is 1. The first kappa shape index (κ1) is 17.0. The fraction of sp³-hybridized carbons (Fsp3) is 0.0625. The molecule has 7 heteroatoms. The molecule has 0 fully saturated rings. The molecule has 0 spiro atoms. The second-order valence-corrected chi connectivity index (χ2v) is 5.53. The molecule has 0 aliphatic heterocycles. The van der Waals surface area contributed by atoms with Gasteiger partial charge in [-0.05, 0) is 36.8 Å². The first-order valence-electron chi connectivity index (χ1n) is 6.62. The maximum atomic E-state index is 11.7. The molecule has 0 atom stereocenters. The van der Waals surface area contributed by atoms with Crippen molar-refractivity contribution in [1.29, 1.82) is 0 Å². The molecular formula is C16H13Cl2N3O2. The second-order valence-electron chi connectivity index (χ2n) is 4.69. The van der Waals surface area contributed by atoms with Crippen molar-refractivity contribution in [3.05, 3.63) is 63.6 Å². The van der Waals surface area contributed by atoms with Crippen LogP contribution >= 0.6 is 23.2 Å². The fourth-order valence-electron chi connectivity index (χ4n) is 1.73. The first-order chi connectivity index (χ1) is 11.0. The summed E-state index contributed by atoms with van der Waals surface area (Å²) in [6.07, 6.45) is 1.33. The molecule has 0 saturated carbocycles. The van der Waals surface area contributed by atoms with E-state index in [0.29, 0.717) is 21.3 Å². The van der Waals surface area contributed by atoms with E-state index in [9.17, 15) is 9.59 Å². The molecule has 2 amide bonds. The highest BCUT2D eigenvalue weighted by molar-refractivity contribution is 6.39. The molecule has 0 aromatic heterocycles. The molecule has 118 valence electrons. The fourth-order valence-corrected chi connectivity index (χ4v) is 2.19. The minimum absolute atomic E-state index is 0.389. The van der Waals surface area contributed by atoms with Gasteiger partial charge < -0.3 is 5.32 Å². The zero-order chi connectivity index (χ0) is 16.8. The summed E-state index contributed by atoms with van der Waals surface area (Å²) < 4.78 is 0. The topological polar surface area (TPSA) is 70.6 Å². The monoisotopic (exact) mass is 349 g/mol. The highest BCUT2D eigenvalue weighted by atomic mass is 35.5. The quantitative estimate of drug-likeness (QED) is 0.506. The Kier molecular flexibility index (Phi) is 5.73. The molecule has 5 nitrogen and oxygen atoms in total. The molecule has 0 aliphatic carbocycles. The van der Waals surface area contributed by atoms with E-state index in [1.54, 1.807) is 36.4 Å². The number of halogens is 2. The first-order valence-corrected chi connectivity index (χ1v) is 7.37. The Morgan fingerprint density at radius 3 is 2.57 bits per heavy atom. The largest absolute Gasteiger partial charge is 0.329 e. The number of benzene rings is 2. The average Bonchev–Trinajstić information content (AvgIpc) is 2.49. The SMILES string of the molecule is Cc1cccc(NC(=O)C(=O)N/N=C\c2ccc(Cl)cc2Cl)c1. The number of carbonyl (C=O) groups is 2. The van der Waals surface area contributed by atoms with Crippen LogP contribution in [0.25, 0.3) is 0 Å². The van der Waals surface area contributed by atoms with Gasteiger partial charge in [0.15, 0.2) is 0 Å². The van der Waals surface area contributed by atoms with E-state index in [-0.39, 0.29) is 0 Å². The highest BCUT2D eigenvalue weighted by Crippen LogP contribution is 2.19. The molecule has 0 aliphatic rings. The Balaban J connectivity index is 1.93. The average molecular weight is 350 g/mol. The zero-order valence-electron chi connectivity index (χ0n) is 12.1. The van der Waals surface area contributed by atoms with Crippen LogP contribution in [0.2, 0.25) is 10.0 Å². The molecule has 0 bridgehead atoms. The van der Waals surface area contributed by atoms with Crippen LogP contribution in [0.5, 0.6) is 0 Å². The van der Waals surface area contributed by atoms with Gasteiger partial charge in [0.2, 0.25) is 0 Å². The van der Waals surface area contributed by atoms with Gasteiger partial charge in [-0.25, -0.2) is 5.43 Å². The molecule has 0 saturated heterocycles. The van der Waals surface area contributed by atoms with Crippen LogP contribution < -0.4 is 10.7 Å². The molecule has 2 N–H and O–H groups in total. The molecule has 0 unspecified atom stereocenters. The Morgan fingerprint density at radius 2 is 1.87 bits per heavy atom. The van der Waals surface area contributed by atoms with Crippen LogP contribution in [0.3, 0.4) is 0 Å². The number of anilines is 1. The van der Waals surface area contributed by atoms with Crippen molar-refractivity contribution in [2.45, 2.75) is 6.92 Å². The van der Waals surface area contributed by atoms with E-state index in [1.165, 1.54) is 6.21 Å². The van der Waals surface area contributed by atoms with E-state index >= 15 is 0 Å². The Bertz CT molecular complexity index is 776. The van der Waals surface area contributed by atoms with Crippen LogP contribution in [0, 0.1) is 6.92 Å². The van der Waals surface area contributed by atoms with Gasteiger partial charge in [-0.2, -0.15) is 5.10 Å². The normalized spacial score (nSPS) is 10.6. The van der Waals surface area contributed by atoms with E-state index in [4.69, 9.17) is 23.2 Å². The second kappa shape index (κ2) is 7.76. The maximum absolute atomic E-state index is 11.7. The van der Waals surface area contributed by atoms with Gasteiger partial charge in [-0.1, -0.05) is 41.4 Å². The summed E-state index contributed by atoms with van der Waals surface area (Å²) in [4.78, 5) is 23.4. The number of hydrogen-bond acceptors (Lipinski definition) is 3. The summed E-state index contributed by atoms with van der Waals surface area (Å²) in [6.45, 7) is 1.88. The number of carbonyl (C=O) groups excluding carboxylic acids is 2. The van der Waals surface area contributed by atoms with Gasteiger partial charge in [0.1, 0.15) is 0 Å². The molecule has 0 heterocycles.